The predicted molar refractivity (Wildman–Crippen MR) is 107 cm³/mol. The van der Waals surface area contributed by atoms with Crippen molar-refractivity contribution in [2.45, 2.75) is 64.0 Å². The fraction of sp³-hybridized carbons (Fsp3) is 0.632. The van der Waals surface area contributed by atoms with Gasteiger partial charge in [-0.3, -0.25) is 4.79 Å². The molecule has 0 saturated carbocycles. The van der Waals surface area contributed by atoms with Crippen LogP contribution < -0.4 is 15.4 Å². The van der Waals surface area contributed by atoms with E-state index in [2.05, 4.69) is 10.6 Å². The van der Waals surface area contributed by atoms with E-state index in [1.807, 2.05) is 27.7 Å². The summed E-state index contributed by atoms with van der Waals surface area (Å²) in [7, 11) is -3.55. The van der Waals surface area contributed by atoms with Gasteiger partial charge in [0.1, 0.15) is 5.75 Å². The van der Waals surface area contributed by atoms with Crippen LogP contribution in [0.3, 0.4) is 0 Å². The molecule has 1 aromatic carbocycles. The molecule has 8 heteroatoms. The molecule has 0 aliphatic carbocycles. The number of nitrogens with zero attached hydrogens (tertiary/aromatic N) is 1. The standard InChI is InChI=1S/C19H31N3O4S/c1-14(2)21-19(23)13-20-17-12-16(8-9-18(17)26-15(3)4)27(24,25)22-10-6-5-7-11-22/h8-9,12,14-15,20H,5-7,10-11,13H2,1-4H3,(H,21,23). The van der Waals surface area contributed by atoms with Crippen LogP contribution in [-0.2, 0) is 14.8 Å². The lowest BCUT2D eigenvalue weighted by Crippen LogP contribution is -2.36. The highest BCUT2D eigenvalue weighted by Gasteiger charge is 2.27. The van der Waals surface area contributed by atoms with Gasteiger partial charge in [-0.1, -0.05) is 6.42 Å². The summed E-state index contributed by atoms with van der Waals surface area (Å²) in [5.41, 5.74) is 0.501. The van der Waals surface area contributed by atoms with Gasteiger partial charge in [0.05, 0.1) is 23.2 Å². The molecule has 1 aliphatic heterocycles. The molecule has 1 aromatic rings. The Kier molecular flexibility index (Phi) is 7.49. The van der Waals surface area contributed by atoms with Gasteiger partial charge in [0.15, 0.2) is 0 Å². The lowest BCUT2D eigenvalue weighted by molar-refractivity contribution is -0.119. The number of carbonyl (C=O) groups is 1. The maximum Gasteiger partial charge on any atom is 0.243 e. The number of sulfonamides is 1. The summed E-state index contributed by atoms with van der Waals surface area (Å²) in [4.78, 5) is 12.2. The van der Waals surface area contributed by atoms with Gasteiger partial charge in [0.25, 0.3) is 0 Å². The maximum absolute atomic E-state index is 12.9. The van der Waals surface area contributed by atoms with Crippen molar-refractivity contribution >= 4 is 21.6 Å². The van der Waals surface area contributed by atoms with Crippen molar-refractivity contribution in [3.8, 4) is 5.75 Å². The molecule has 1 amide bonds. The number of ether oxygens (including phenoxy) is 1. The third kappa shape index (κ3) is 6.10. The van der Waals surface area contributed by atoms with Crippen molar-refractivity contribution < 1.29 is 17.9 Å². The summed E-state index contributed by atoms with van der Waals surface area (Å²) < 4.78 is 33.2. The normalized spacial score (nSPS) is 15.8. The summed E-state index contributed by atoms with van der Waals surface area (Å²) in [6, 6.07) is 4.82. The highest BCUT2D eigenvalue weighted by Crippen LogP contribution is 2.30. The number of nitrogens with one attached hydrogen (secondary N) is 2. The average Bonchev–Trinajstić information content (AvgIpc) is 2.60. The first kappa shape index (κ1) is 21.5. The van der Waals surface area contributed by atoms with Crippen LogP contribution in [0.15, 0.2) is 23.1 Å². The molecule has 0 atom stereocenters. The van der Waals surface area contributed by atoms with E-state index >= 15 is 0 Å². The number of rotatable bonds is 8. The molecule has 0 radical (unpaired) electrons. The molecule has 1 fully saturated rings. The van der Waals surface area contributed by atoms with Crippen LogP contribution in [0.2, 0.25) is 0 Å². The van der Waals surface area contributed by atoms with Gasteiger partial charge in [-0.15, -0.1) is 0 Å². The minimum Gasteiger partial charge on any atom is -0.489 e. The Balaban J connectivity index is 2.25. The second kappa shape index (κ2) is 9.41. The lowest BCUT2D eigenvalue weighted by atomic mass is 10.2. The van der Waals surface area contributed by atoms with Crippen LogP contribution in [0.5, 0.6) is 5.75 Å². The zero-order valence-corrected chi connectivity index (χ0v) is 17.4. The molecule has 0 unspecified atom stereocenters. The summed E-state index contributed by atoms with van der Waals surface area (Å²) in [5, 5.41) is 5.82. The monoisotopic (exact) mass is 397 g/mol. The molecule has 1 saturated heterocycles. The van der Waals surface area contributed by atoms with Crippen molar-refractivity contribution in [2.24, 2.45) is 0 Å². The minimum atomic E-state index is -3.55. The molecule has 0 aromatic heterocycles. The van der Waals surface area contributed by atoms with Gasteiger partial charge in [0, 0.05) is 19.1 Å². The second-order valence-electron chi connectivity index (χ2n) is 7.37. The van der Waals surface area contributed by atoms with Crippen molar-refractivity contribution in [1.29, 1.82) is 0 Å². The third-order valence-corrected chi connectivity index (χ3v) is 6.05. The van der Waals surface area contributed by atoms with Gasteiger partial charge in [-0.05, 0) is 58.7 Å². The molecule has 0 bridgehead atoms. The van der Waals surface area contributed by atoms with Gasteiger partial charge in [-0.2, -0.15) is 4.31 Å². The van der Waals surface area contributed by atoms with Crippen LogP contribution >= 0.6 is 0 Å². The first-order valence-corrected chi connectivity index (χ1v) is 11.0. The van der Waals surface area contributed by atoms with Crippen molar-refractivity contribution in [2.75, 3.05) is 25.0 Å². The zero-order valence-electron chi connectivity index (χ0n) is 16.6. The van der Waals surface area contributed by atoms with Crippen molar-refractivity contribution in [3.05, 3.63) is 18.2 Å². The lowest BCUT2D eigenvalue weighted by Gasteiger charge is -2.26. The topological polar surface area (TPSA) is 87.7 Å². The van der Waals surface area contributed by atoms with Gasteiger partial charge in [-0.25, -0.2) is 8.42 Å². The quantitative estimate of drug-likeness (QED) is 0.704. The molecule has 7 nitrogen and oxygen atoms in total. The second-order valence-corrected chi connectivity index (χ2v) is 9.30. The molecular weight excluding hydrogens is 366 g/mol. The predicted octanol–water partition coefficient (Wildman–Crippen LogP) is 2.58. The number of benzene rings is 1. The third-order valence-electron chi connectivity index (χ3n) is 4.16. The Hall–Kier alpha value is -1.80. The summed E-state index contributed by atoms with van der Waals surface area (Å²) >= 11 is 0. The Morgan fingerprint density at radius 3 is 2.41 bits per heavy atom. The van der Waals surface area contributed by atoms with Crippen molar-refractivity contribution in [3.63, 3.8) is 0 Å². The molecule has 0 spiro atoms. The molecule has 2 rings (SSSR count). The van der Waals surface area contributed by atoms with Crippen LogP contribution in [0.25, 0.3) is 0 Å². The average molecular weight is 398 g/mol. The van der Waals surface area contributed by atoms with E-state index in [0.29, 0.717) is 24.5 Å². The summed E-state index contributed by atoms with van der Waals surface area (Å²) in [6.45, 7) is 8.70. The number of amides is 1. The fourth-order valence-electron chi connectivity index (χ4n) is 2.97. The highest BCUT2D eigenvalue weighted by atomic mass is 32.2. The van der Waals surface area contributed by atoms with Crippen LogP contribution in [0, 0.1) is 0 Å². The number of anilines is 1. The summed E-state index contributed by atoms with van der Waals surface area (Å²) in [6.07, 6.45) is 2.76. The van der Waals surface area contributed by atoms with E-state index in [-0.39, 0.29) is 29.5 Å². The largest absolute Gasteiger partial charge is 0.489 e. The Bertz CT molecular complexity index is 741. The van der Waals surface area contributed by atoms with Gasteiger partial charge in [0.2, 0.25) is 15.9 Å². The van der Waals surface area contributed by atoms with Crippen LogP contribution in [0.1, 0.15) is 47.0 Å². The first-order valence-electron chi connectivity index (χ1n) is 9.54. The molecule has 1 aliphatic rings. The Labute approximate surface area is 162 Å². The van der Waals surface area contributed by atoms with E-state index in [1.54, 1.807) is 18.2 Å². The van der Waals surface area contributed by atoms with E-state index in [0.717, 1.165) is 19.3 Å². The van der Waals surface area contributed by atoms with E-state index in [9.17, 15) is 13.2 Å². The summed E-state index contributed by atoms with van der Waals surface area (Å²) in [5.74, 6) is 0.365. The number of hydrogen-bond donors (Lipinski definition) is 2. The number of hydrogen-bond acceptors (Lipinski definition) is 5. The molecule has 2 N–H and O–H groups in total. The van der Waals surface area contributed by atoms with Gasteiger partial charge >= 0.3 is 0 Å². The molecular formula is C19H31N3O4S. The maximum atomic E-state index is 12.9. The van der Waals surface area contributed by atoms with Crippen molar-refractivity contribution in [1.82, 2.24) is 9.62 Å². The number of carbonyl (C=O) groups excluding carboxylic acids is 1. The van der Waals surface area contributed by atoms with Crippen LogP contribution in [0.4, 0.5) is 5.69 Å². The zero-order chi connectivity index (χ0) is 20.0. The SMILES string of the molecule is CC(C)NC(=O)CNc1cc(S(=O)(=O)N2CCCCC2)ccc1OC(C)C. The Morgan fingerprint density at radius 2 is 1.81 bits per heavy atom. The first-order chi connectivity index (χ1) is 12.7. The van der Waals surface area contributed by atoms with E-state index in [4.69, 9.17) is 4.74 Å². The van der Waals surface area contributed by atoms with E-state index < -0.39 is 10.0 Å². The Morgan fingerprint density at radius 1 is 1.15 bits per heavy atom. The molecule has 1 heterocycles. The fourth-order valence-corrected chi connectivity index (χ4v) is 4.51. The molecule has 27 heavy (non-hydrogen) atoms. The number of piperidine rings is 1. The van der Waals surface area contributed by atoms with Crippen LogP contribution in [-0.4, -0.2) is 50.4 Å². The van der Waals surface area contributed by atoms with E-state index in [1.165, 1.54) is 4.31 Å². The minimum absolute atomic E-state index is 0.0384. The highest BCUT2D eigenvalue weighted by molar-refractivity contribution is 7.89. The molecule has 152 valence electrons. The van der Waals surface area contributed by atoms with Gasteiger partial charge < -0.3 is 15.4 Å². The smallest absolute Gasteiger partial charge is 0.243 e.